The molecular weight excluding hydrogens is 438 g/mol. The van der Waals surface area contributed by atoms with Crippen LogP contribution < -0.4 is 4.74 Å². The van der Waals surface area contributed by atoms with Crippen LogP contribution in [-0.2, 0) is 9.84 Å². The summed E-state index contributed by atoms with van der Waals surface area (Å²) in [5.41, 5.74) is 0.828. The first kappa shape index (κ1) is 23.2. The number of carbonyl (C=O) groups is 2. The van der Waals surface area contributed by atoms with E-state index < -0.39 is 26.4 Å². The average Bonchev–Trinajstić information content (AvgIpc) is 2.77. The minimum Gasteiger partial charge on any atom is -0.496 e. The Bertz CT molecular complexity index is 1190. The SMILES string of the molecule is COc1cc(C(=O)N2CCN(C(=O)c3cc([N+](=O)[O-])cc(S(C)(=O)=O)c3)CC2)ccc1C. The zero-order chi connectivity index (χ0) is 23.6. The summed E-state index contributed by atoms with van der Waals surface area (Å²) in [7, 11) is -2.21. The lowest BCUT2D eigenvalue weighted by Crippen LogP contribution is -2.50. The van der Waals surface area contributed by atoms with Gasteiger partial charge in [0, 0.05) is 55.7 Å². The number of amides is 2. The molecule has 3 rings (SSSR count). The fourth-order valence-electron chi connectivity index (χ4n) is 3.46. The van der Waals surface area contributed by atoms with Gasteiger partial charge in [0.25, 0.3) is 17.5 Å². The molecule has 10 nitrogen and oxygen atoms in total. The van der Waals surface area contributed by atoms with E-state index in [-0.39, 0.29) is 42.5 Å². The van der Waals surface area contributed by atoms with Crippen LogP contribution in [0.5, 0.6) is 5.75 Å². The summed E-state index contributed by atoms with van der Waals surface area (Å²) < 4.78 is 29.0. The maximum absolute atomic E-state index is 12.9. The van der Waals surface area contributed by atoms with Gasteiger partial charge < -0.3 is 14.5 Å². The van der Waals surface area contributed by atoms with Crippen LogP contribution in [-0.4, -0.2) is 74.5 Å². The molecule has 1 heterocycles. The molecule has 1 fully saturated rings. The number of benzene rings is 2. The fraction of sp³-hybridized carbons (Fsp3) is 0.333. The van der Waals surface area contributed by atoms with Crippen molar-refractivity contribution in [3.05, 3.63) is 63.2 Å². The maximum Gasteiger partial charge on any atom is 0.271 e. The lowest BCUT2D eigenvalue weighted by atomic mass is 10.1. The van der Waals surface area contributed by atoms with Gasteiger partial charge in [-0.05, 0) is 30.7 Å². The number of carbonyl (C=O) groups excluding carboxylic acids is 2. The Morgan fingerprint density at radius 3 is 2.03 bits per heavy atom. The molecule has 0 aliphatic carbocycles. The number of sulfone groups is 1. The first-order chi connectivity index (χ1) is 15.0. The lowest BCUT2D eigenvalue weighted by Gasteiger charge is -2.35. The van der Waals surface area contributed by atoms with Crippen molar-refractivity contribution >= 4 is 27.3 Å². The molecule has 1 saturated heterocycles. The molecule has 2 aromatic rings. The first-order valence-electron chi connectivity index (χ1n) is 9.74. The summed E-state index contributed by atoms with van der Waals surface area (Å²) in [6.45, 7) is 2.85. The van der Waals surface area contributed by atoms with Crippen molar-refractivity contribution in [2.45, 2.75) is 11.8 Å². The molecule has 1 aliphatic rings. The van der Waals surface area contributed by atoms with Crippen molar-refractivity contribution in [3.8, 4) is 5.75 Å². The van der Waals surface area contributed by atoms with Crippen molar-refractivity contribution in [2.75, 3.05) is 39.5 Å². The van der Waals surface area contributed by atoms with Crippen LogP contribution in [0.25, 0.3) is 0 Å². The molecule has 0 radical (unpaired) electrons. The van der Waals surface area contributed by atoms with Gasteiger partial charge in [-0.1, -0.05) is 6.07 Å². The topological polar surface area (TPSA) is 127 Å². The quantitative estimate of drug-likeness (QED) is 0.492. The summed E-state index contributed by atoms with van der Waals surface area (Å²) in [4.78, 5) is 38.9. The van der Waals surface area contributed by atoms with Crippen molar-refractivity contribution in [3.63, 3.8) is 0 Å². The summed E-state index contributed by atoms with van der Waals surface area (Å²) in [5.74, 6) is -0.107. The third-order valence-electron chi connectivity index (χ3n) is 5.29. The summed E-state index contributed by atoms with van der Waals surface area (Å²) in [5, 5.41) is 11.2. The van der Waals surface area contributed by atoms with E-state index in [1.807, 2.05) is 6.92 Å². The minimum absolute atomic E-state index is 0.0809. The highest BCUT2D eigenvalue weighted by Gasteiger charge is 2.28. The van der Waals surface area contributed by atoms with E-state index in [1.165, 1.54) is 12.0 Å². The zero-order valence-corrected chi connectivity index (χ0v) is 18.7. The Hall–Kier alpha value is -3.47. The minimum atomic E-state index is -3.74. The molecule has 0 bridgehead atoms. The van der Waals surface area contributed by atoms with E-state index >= 15 is 0 Å². The van der Waals surface area contributed by atoms with Crippen LogP contribution in [0, 0.1) is 17.0 Å². The normalized spacial score (nSPS) is 14.2. The average molecular weight is 461 g/mol. The number of non-ortho nitro benzene ring substituents is 1. The number of methoxy groups -OCH3 is 1. The number of nitrogens with zero attached hydrogens (tertiary/aromatic N) is 3. The van der Waals surface area contributed by atoms with Crippen molar-refractivity contribution in [1.82, 2.24) is 9.80 Å². The van der Waals surface area contributed by atoms with Crippen molar-refractivity contribution in [2.24, 2.45) is 0 Å². The smallest absolute Gasteiger partial charge is 0.271 e. The summed E-state index contributed by atoms with van der Waals surface area (Å²) >= 11 is 0. The van der Waals surface area contributed by atoms with E-state index in [2.05, 4.69) is 0 Å². The molecule has 0 N–H and O–H groups in total. The van der Waals surface area contributed by atoms with Crippen LogP contribution in [0.15, 0.2) is 41.3 Å². The Morgan fingerprint density at radius 2 is 1.53 bits per heavy atom. The molecule has 32 heavy (non-hydrogen) atoms. The van der Waals surface area contributed by atoms with Gasteiger partial charge in [0.1, 0.15) is 5.75 Å². The number of ether oxygens (including phenoxy) is 1. The number of hydrogen-bond donors (Lipinski definition) is 0. The van der Waals surface area contributed by atoms with E-state index in [1.54, 1.807) is 23.1 Å². The molecular formula is C21H23N3O7S. The summed E-state index contributed by atoms with van der Waals surface area (Å²) in [6, 6.07) is 8.32. The van der Waals surface area contributed by atoms with Gasteiger partial charge in [-0.3, -0.25) is 19.7 Å². The van der Waals surface area contributed by atoms with E-state index in [9.17, 15) is 28.1 Å². The van der Waals surface area contributed by atoms with Crippen molar-refractivity contribution in [1.29, 1.82) is 0 Å². The van der Waals surface area contributed by atoms with Gasteiger partial charge in [0.15, 0.2) is 9.84 Å². The number of aryl methyl sites for hydroxylation is 1. The van der Waals surface area contributed by atoms with Crippen LogP contribution >= 0.6 is 0 Å². The van der Waals surface area contributed by atoms with Gasteiger partial charge in [-0.2, -0.15) is 0 Å². The van der Waals surface area contributed by atoms with Gasteiger partial charge >= 0.3 is 0 Å². The predicted octanol–water partition coefficient (Wildman–Crippen LogP) is 1.91. The Balaban J connectivity index is 1.75. The predicted molar refractivity (Wildman–Crippen MR) is 116 cm³/mol. The third kappa shape index (κ3) is 4.88. The lowest BCUT2D eigenvalue weighted by molar-refractivity contribution is -0.385. The van der Waals surface area contributed by atoms with Crippen LogP contribution in [0.2, 0.25) is 0 Å². The molecule has 11 heteroatoms. The molecule has 0 unspecified atom stereocenters. The van der Waals surface area contributed by atoms with Gasteiger partial charge in [0.2, 0.25) is 0 Å². The molecule has 0 aromatic heterocycles. The van der Waals surface area contributed by atoms with Crippen LogP contribution in [0.3, 0.4) is 0 Å². The number of piperazine rings is 1. The second-order valence-corrected chi connectivity index (χ2v) is 9.53. The molecule has 170 valence electrons. The molecule has 1 aliphatic heterocycles. The molecule has 2 aromatic carbocycles. The highest BCUT2D eigenvalue weighted by atomic mass is 32.2. The van der Waals surface area contributed by atoms with Gasteiger partial charge in [-0.15, -0.1) is 0 Å². The standard InChI is InChI=1S/C21H23N3O7S/c1-14-4-5-15(12-19(14)31-2)20(25)22-6-8-23(9-7-22)21(26)16-10-17(24(27)28)13-18(11-16)32(3,29)30/h4-5,10-13H,6-9H2,1-3H3. The van der Waals surface area contributed by atoms with E-state index in [0.717, 1.165) is 30.0 Å². The Labute approximate surface area is 185 Å². The zero-order valence-electron chi connectivity index (χ0n) is 17.9. The molecule has 0 spiro atoms. The third-order valence-corrected chi connectivity index (χ3v) is 6.38. The Morgan fingerprint density at radius 1 is 0.969 bits per heavy atom. The largest absolute Gasteiger partial charge is 0.496 e. The Kier molecular flexibility index (Phi) is 6.49. The molecule has 0 atom stereocenters. The van der Waals surface area contributed by atoms with Crippen LogP contribution in [0.4, 0.5) is 5.69 Å². The van der Waals surface area contributed by atoms with Crippen molar-refractivity contribution < 1.29 is 27.7 Å². The van der Waals surface area contributed by atoms with Crippen LogP contribution in [0.1, 0.15) is 26.3 Å². The first-order valence-corrected chi connectivity index (χ1v) is 11.6. The molecule has 0 saturated carbocycles. The second kappa shape index (κ2) is 8.95. The van der Waals surface area contributed by atoms with E-state index in [4.69, 9.17) is 4.74 Å². The maximum atomic E-state index is 12.9. The summed E-state index contributed by atoms with van der Waals surface area (Å²) in [6.07, 6.45) is 0.921. The highest BCUT2D eigenvalue weighted by molar-refractivity contribution is 7.90. The molecule has 2 amide bonds. The highest BCUT2D eigenvalue weighted by Crippen LogP contribution is 2.23. The van der Waals surface area contributed by atoms with Gasteiger partial charge in [-0.25, -0.2) is 8.42 Å². The number of rotatable bonds is 5. The fourth-order valence-corrected chi connectivity index (χ4v) is 4.13. The van der Waals surface area contributed by atoms with E-state index in [0.29, 0.717) is 11.3 Å². The number of nitro benzene ring substituents is 1. The number of nitro groups is 1. The second-order valence-electron chi connectivity index (χ2n) is 7.51. The monoisotopic (exact) mass is 461 g/mol. The number of hydrogen-bond acceptors (Lipinski definition) is 7. The van der Waals surface area contributed by atoms with Gasteiger partial charge in [0.05, 0.1) is 16.9 Å².